The van der Waals surface area contributed by atoms with Crippen molar-refractivity contribution in [3.8, 4) is 0 Å². The van der Waals surface area contributed by atoms with E-state index in [2.05, 4.69) is 14.3 Å². The molecule has 0 saturated carbocycles. The Hall–Kier alpha value is -0.950. The van der Waals surface area contributed by atoms with Gasteiger partial charge in [0.15, 0.2) is 0 Å². The molecule has 0 aliphatic carbocycles. The first-order valence-corrected chi connectivity index (χ1v) is 3.17. The predicted octanol–water partition coefficient (Wildman–Crippen LogP) is -0.154. The Morgan fingerprint density at radius 2 is 1.90 bits per heavy atom. The monoisotopic (exact) mass is 163 g/mol. The van der Waals surface area contributed by atoms with Crippen molar-refractivity contribution in [2.24, 2.45) is 0 Å². The van der Waals surface area contributed by atoms with Crippen LogP contribution in [0.4, 0.5) is 9.59 Å². The molecule has 4 amide bonds. The maximum Gasteiger partial charge on any atom is 0.361 e. The lowest BCUT2D eigenvalue weighted by molar-refractivity contribution is -0.0444. The van der Waals surface area contributed by atoms with E-state index in [-0.39, 0.29) is 0 Å². The van der Waals surface area contributed by atoms with Gasteiger partial charge in [-0.1, -0.05) is 0 Å². The minimum absolute atomic E-state index is 0.580. The van der Waals surface area contributed by atoms with E-state index in [1.54, 1.807) is 0 Å². The summed E-state index contributed by atoms with van der Waals surface area (Å²) in [5, 5.41) is 0.580. The molecule has 1 saturated heterocycles. The Morgan fingerprint density at radius 3 is 2.20 bits per heavy atom. The van der Waals surface area contributed by atoms with Gasteiger partial charge in [0.2, 0.25) is 0 Å². The highest BCUT2D eigenvalue weighted by Crippen LogP contribution is 2.02. The van der Waals surface area contributed by atoms with Gasteiger partial charge in [0, 0.05) is 0 Å². The second-order valence-electron chi connectivity index (χ2n) is 1.39. The molecule has 1 aliphatic heterocycles. The van der Waals surface area contributed by atoms with Gasteiger partial charge in [0.05, 0.1) is 19.2 Å². The predicted molar refractivity (Wildman–Crippen MR) is 33.5 cm³/mol. The molecule has 0 spiro atoms. The van der Waals surface area contributed by atoms with E-state index in [9.17, 15) is 9.59 Å². The van der Waals surface area contributed by atoms with E-state index in [0.717, 1.165) is 12.1 Å². The van der Waals surface area contributed by atoms with Crippen molar-refractivity contribution in [1.82, 2.24) is 14.5 Å². The van der Waals surface area contributed by atoms with Crippen LogP contribution in [0.3, 0.4) is 0 Å². The third-order valence-corrected chi connectivity index (χ3v) is 1.38. The fourth-order valence-corrected chi connectivity index (χ4v) is 0.845. The third-order valence-electron chi connectivity index (χ3n) is 0.828. The lowest BCUT2D eigenvalue weighted by atomic mass is 10.9. The van der Waals surface area contributed by atoms with E-state index in [1.165, 1.54) is 7.11 Å². The number of hydrogen-bond acceptors (Lipinski definition) is 4. The Kier molecular flexibility index (Phi) is 1.97. The molecule has 2 N–H and O–H groups in total. The highest BCUT2D eigenvalue weighted by atomic mass is 32.2. The van der Waals surface area contributed by atoms with Gasteiger partial charge in [-0.25, -0.2) is 9.59 Å². The quantitative estimate of drug-likeness (QED) is 0.527. The summed E-state index contributed by atoms with van der Waals surface area (Å²) >= 11 is 0.809. The van der Waals surface area contributed by atoms with Crippen molar-refractivity contribution in [2.75, 3.05) is 7.11 Å². The van der Waals surface area contributed by atoms with Crippen molar-refractivity contribution in [3.63, 3.8) is 0 Å². The van der Waals surface area contributed by atoms with E-state index >= 15 is 0 Å². The summed E-state index contributed by atoms with van der Waals surface area (Å²) in [6, 6.07) is -1.17. The first kappa shape index (κ1) is 7.16. The first-order valence-electron chi connectivity index (χ1n) is 2.35. The van der Waals surface area contributed by atoms with Gasteiger partial charge < -0.3 is 0 Å². The van der Waals surface area contributed by atoms with E-state index in [4.69, 9.17) is 0 Å². The summed E-state index contributed by atoms with van der Waals surface area (Å²) in [5.41, 5.74) is 0. The lowest BCUT2D eigenvalue weighted by Crippen LogP contribution is -2.50. The third kappa shape index (κ3) is 1.14. The molecule has 1 aliphatic rings. The Morgan fingerprint density at radius 1 is 1.40 bits per heavy atom. The molecule has 1 fully saturated rings. The van der Waals surface area contributed by atoms with Crippen LogP contribution >= 0.6 is 12.1 Å². The second kappa shape index (κ2) is 2.76. The van der Waals surface area contributed by atoms with Gasteiger partial charge in [-0.05, 0) is 0 Å². The summed E-state index contributed by atoms with van der Waals surface area (Å²) < 4.78 is 4.52. The number of rotatable bonds is 1. The molecule has 0 unspecified atom stereocenters. The van der Waals surface area contributed by atoms with Crippen LogP contribution in [-0.2, 0) is 4.84 Å². The number of carbonyl (C=O) groups excluding carboxylic acids is 2. The maximum absolute atomic E-state index is 10.6. The number of carbonyl (C=O) groups is 2. The zero-order valence-electron chi connectivity index (χ0n) is 5.08. The average Bonchev–Trinajstić information content (AvgIpc) is 1.88. The molecule has 0 aromatic carbocycles. The van der Waals surface area contributed by atoms with Crippen LogP contribution in [0.1, 0.15) is 0 Å². The van der Waals surface area contributed by atoms with Crippen LogP contribution in [0, 0.1) is 0 Å². The number of nitrogens with one attached hydrogen (secondary N) is 2. The van der Waals surface area contributed by atoms with E-state index < -0.39 is 12.1 Å². The molecular formula is C3H5N3O3S. The highest BCUT2D eigenvalue weighted by molar-refractivity contribution is 7.96. The summed E-state index contributed by atoms with van der Waals surface area (Å²) in [6.45, 7) is 0. The molecule has 6 nitrogen and oxygen atoms in total. The van der Waals surface area contributed by atoms with Crippen molar-refractivity contribution >= 4 is 24.2 Å². The molecule has 0 atom stereocenters. The molecule has 1 heterocycles. The zero-order chi connectivity index (χ0) is 7.56. The number of urea groups is 2. The normalized spacial score (nSPS) is 18.3. The fraction of sp³-hybridized carbons (Fsp3) is 0.333. The van der Waals surface area contributed by atoms with Crippen LogP contribution in [0.15, 0.2) is 0 Å². The molecule has 0 aromatic heterocycles. The van der Waals surface area contributed by atoms with Crippen LogP contribution in [0.5, 0.6) is 0 Å². The maximum atomic E-state index is 10.6. The molecule has 1 rings (SSSR count). The number of imide groups is 1. The summed E-state index contributed by atoms with van der Waals surface area (Å²) in [6.07, 6.45) is 0. The lowest BCUT2D eigenvalue weighted by Gasteiger charge is -2.21. The minimum atomic E-state index is -0.587. The van der Waals surface area contributed by atoms with E-state index in [0.29, 0.717) is 5.06 Å². The van der Waals surface area contributed by atoms with Gasteiger partial charge in [0.1, 0.15) is 0 Å². The van der Waals surface area contributed by atoms with Gasteiger partial charge in [-0.2, -0.15) is 0 Å². The van der Waals surface area contributed by atoms with Crippen LogP contribution in [0.2, 0.25) is 0 Å². The molecule has 10 heavy (non-hydrogen) atoms. The van der Waals surface area contributed by atoms with Crippen LogP contribution in [-0.4, -0.2) is 24.2 Å². The SMILES string of the molecule is CON1C(=O)NSNC1=O. The standard InChI is InChI=1S/C3H5N3O3S/c1-9-6-2(7)4-10-5-3(6)8/h1H3,(H,4,7)(H,5,8). The van der Waals surface area contributed by atoms with Gasteiger partial charge in [0.25, 0.3) is 0 Å². The topological polar surface area (TPSA) is 70.7 Å². The summed E-state index contributed by atoms with van der Waals surface area (Å²) in [5.74, 6) is 0. The zero-order valence-corrected chi connectivity index (χ0v) is 5.90. The summed E-state index contributed by atoms with van der Waals surface area (Å²) in [4.78, 5) is 25.7. The van der Waals surface area contributed by atoms with E-state index in [1.807, 2.05) is 0 Å². The molecule has 0 radical (unpaired) electrons. The number of hydroxylamine groups is 2. The van der Waals surface area contributed by atoms with Crippen LogP contribution in [0.25, 0.3) is 0 Å². The average molecular weight is 163 g/mol. The van der Waals surface area contributed by atoms with Crippen molar-refractivity contribution in [2.45, 2.75) is 0 Å². The first-order chi connectivity index (χ1) is 4.75. The number of nitrogens with zero attached hydrogens (tertiary/aromatic N) is 1. The Bertz CT molecular complexity index is 156. The number of hydrogen-bond donors (Lipinski definition) is 2. The molecule has 0 bridgehead atoms. The van der Waals surface area contributed by atoms with Crippen molar-refractivity contribution in [1.29, 1.82) is 0 Å². The summed E-state index contributed by atoms with van der Waals surface area (Å²) in [7, 11) is 1.23. The largest absolute Gasteiger partial charge is 0.361 e. The molecule has 56 valence electrons. The molecule has 0 aromatic rings. The highest BCUT2D eigenvalue weighted by Gasteiger charge is 2.26. The van der Waals surface area contributed by atoms with Gasteiger partial charge in [-0.3, -0.25) is 14.3 Å². The van der Waals surface area contributed by atoms with Crippen molar-refractivity contribution < 1.29 is 14.4 Å². The Labute approximate surface area is 61.1 Å². The number of amides is 4. The smallest absolute Gasteiger partial charge is 0.264 e. The Balaban J connectivity index is 2.62. The second-order valence-corrected chi connectivity index (χ2v) is 2.01. The molecule has 7 heteroatoms. The van der Waals surface area contributed by atoms with Crippen molar-refractivity contribution in [3.05, 3.63) is 0 Å². The molecular weight excluding hydrogens is 158 g/mol. The van der Waals surface area contributed by atoms with Gasteiger partial charge in [-0.15, -0.1) is 5.06 Å². The van der Waals surface area contributed by atoms with Crippen LogP contribution < -0.4 is 9.44 Å². The van der Waals surface area contributed by atoms with Gasteiger partial charge >= 0.3 is 12.1 Å². The minimum Gasteiger partial charge on any atom is -0.264 e. The fourth-order valence-electron chi connectivity index (χ4n) is 0.454.